The van der Waals surface area contributed by atoms with Gasteiger partial charge in [0.15, 0.2) is 0 Å². The molecule has 0 spiro atoms. The summed E-state index contributed by atoms with van der Waals surface area (Å²) >= 11 is 12.2. The highest BCUT2D eigenvalue weighted by atomic mass is 35.5. The molecule has 0 aromatic heterocycles. The number of hydrogen-bond donors (Lipinski definition) is 1. The second-order valence-corrected chi connectivity index (χ2v) is 10.2. The molecule has 0 unspecified atom stereocenters. The largest absolute Gasteiger partial charge is 0.350 e. The molecule has 178 valence electrons. The molecule has 1 N–H and O–H groups in total. The molecule has 3 aromatic rings. The highest BCUT2D eigenvalue weighted by Gasteiger charge is 2.32. The molecule has 0 aliphatic heterocycles. The van der Waals surface area contributed by atoms with Gasteiger partial charge in [-0.15, -0.1) is 0 Å². The lowest BCUT2D eigenvalue weighted by Crippen LogP contribution is -2.54. The second-order valence-electron chi connectivity index (χ2n) is 9.38. The molecule has 6 heteroatoms. The average Bonchev–Trinajstić information content (AvgIpc) is 2.79. The zero-order valence-corrected chi connectivity index (χ0v) is 21.2. The van der Waals surface area contributed by atoms with Gasteiger partial charge in [-0.05, 0) is 49.6 Å². The van der Waals surface area contributed by atoms with Gasteiger partial charge in [0.1, 0.15) is 6.04 Å². The van der Waals surface area contributed by atoms with Gasteiger partial charge in [-0.2, -0.15) is 0 Å². The van der Waals surface area contributed by atoms with E-state index in [0.717, 1.165) is 16.7 Å². The highest BCUT2D eigenvalue weighted by molar-refractivity contribution is 6.42. The second kappa shape index (κ2) is 11.5. The zero-order chi connectivity index (χ0) is 24.7. The van der Waals surface area contributed by atoms with Crippen molar-refractivity contribution in [2.24, 2.45) is 0 Å². The van der Waals surface area contributed by atoms with Crippen molar-refractivity contribution >= 4 is 35.0 Å². The van der Waals surface area contributed by atoms with Crippen molar-refractivity contribution in [3.8, 4) is 0 Å². The monoisotopic (exact) mass is 496 g/mol. The predicted octanol–water partition coefficient (Wildman–Crippen LogP) is 6.09. The van der Waals surface area contributed by atoms with E-state index < -0.39 is 11.6 Å². The lowest BCUT2D eigenvalue weighted by Gasteiger charge is -2.34. The molecule has 0 heterocycles. The zero-order valence-electron chi connectivity index (χ0n) is 19.7. The van der Waals surface area contributed by atoms with Crippen LogP contribution in [0.5, 0.6) is 0 Å². The molecule has 2 amide bonds. The lowest BCUT2D eigenvalue weighted by molar-refractivity contribution is -0.141. The van der Waals surface area contributed by atoms with Gasteiger partial charge in [0.05, 0.1) is 16.5 Å². The van der Waals surface area contributed by atoms with E-state index >= 15 is 0 Å². The molecule has 1 atom stereocenters. The standard InChI is InChI=1S/C28H30Cl2N2O2/c1-28(2,3)31-27(34)25(17-20-10-6-4-7-11-20)32(19-21-12-8-5-9-13-21)26(33)18-22-14-15-23(29)24(30)16-22/h4-16,25H,17-19H2,1-3H3,(H,31,34)/t25-/m1/s1. The number of carbonyl (C=O) groups is 2. The number of rotatable bonds is 8. The molecule has 0 saturated carbocycles. The summed E-state index contributed by atoms with van der Waals surface area (Å²) in [4.78, 5) is 28.9. The van der Waals surface area contributed by atoms with E-state index in [0.29, 0.717) is 23.0 Å². The summed E-state index contributed by atoms with van der Waals surface area (Å²) in [7, 11) is 0. The quantitative estimate of drug-likeness (QED) is 0.410. The van der Waals surface area contributed by atoms with Crippen molar-refractivity contribution in [3.63, 3.8) is 0 Å². The van der Waals surface area contributed by atoms with Gasteiger partial charge in [0, 0.05) is 18.5 Å². The fourth-order valence-electron chi connectivity index (χ4n) is 3.71. The summed E-state index contributed by atoms with van der Waals surface area (Å²) in [5.41, 5.74) is 2.24. The lowest BCUT2D eigenvalue weighted by atomic mass is 10.00. The van der Waals surface area contributed by atoms with E-state index in [9.17, 15) is 9.59 Å². The van der Waals surface area contributed by atoms with Crippen LogP contribution in [0.3, 0.4) is 0 Å². The Morgan fingerprint density at radius 3 is 1.97 bits per heavy atom. The highest BCUT2D eigenvalue weighted by Crippen LogP contribution is 2.24. The fourth-order valence-corrected chi connectivity index (χ4v) is 4.03. The molecular weight excluding hydrogens is 467 g/mol. The Morgan fingerprint density at radius 1 is 0.824 bits per heavy atom. The number of nitrogens with zero attached hydrogens (tertiary/aromatic N) is 1. The van der Waals surface area contributed by atoms with Crippen molar-refractivity contribution in [1.29, 1.82) is 0 Å². The topological polar surface area (TPSA) is 49.4 Å². The van der Waals surface area contributed by atoms with E-state index in [-0.39, 0.29) is 18.2 Å². The molecule has 34 heavy (non-hydrogen) atoms. The third kappa shape index (κ3) is 7.61. The number of benzene rings is 3. The first-order chi connectivity index (χ1) is 16.1. The van der Waals surface area contributed by atoms with E-state index in [2.05, 4.69) is 5.32 Å². The maximum absolute atomic E-state index is 13.7. The summed E-state index contributed by atoms with van der Waals surface area (Å²) in [6.07, 6.45) is 0.514. The van der Waals surface area contributed by atoms with Crippen molar-refractivity contribution in [2.75, 3.05) is 0 Å². The van der Waals surface area contributed by atoms with Crippen molar-refractivity contribution in [1.82, 2.24) is 10.2 Å². The number of halogens is 2. The van der Waals surface area contributed by atoms with Crippen LogP contribution in [0.2, 0.25) is 10.0 Å². The molecule has 3 rings (SSSR count). The summed E-state index contributed by atoms with van der Waals surface area (Å²) in [6.45, 7) is 6.12. The van der Waals surface area contributed by atoms with E-state index in [1.165, 1.54) is 0 Å². The molecule has 0 aliphatic carbocycles. The van der Waals surface area contributed by atoms with Crippen LogP contribution in [0.25, 0.3) is 0 Å². The Labute approximate surface area is 211 Å². The van der Waals surface area contributed by atoms with Crippen LogP contribution >= 0.6 is 23.2 Å². The number of nitrogens with one attached hydrogen (secondary N) is 1. The third-order valence-corrected chi connectivity index (χ3v) is 6.04. The molecule has 4 nitrogen and oxygen atoms in total. The molecule has 0 aliphatic rings. The normalized spacial score (nSPS) is 12.1. The molecule has 0 fully saturated rings. The van der Waals surface area contributed by atoms with Gasteiger partial charge in [0.25, 0.3) is 0 Å². The SMILES string of the molecule is CC(C)(C)NC(=O)[C@@H](Cc1ccccc1)N(Cc1ccccc1)C(=O)Cc1ccc(Cl)c(Cl)c1. The van der Waals surface area contributed by atoms with Gasteiger partial charge >= 0.3 is 0 Å². The van der Waals surface area contributed by atoms with Gasteiger partial charge < -0.3 is 10.2 Å². The average molecular weight is 497 g/mol. The van der Waals surface area contributed by atoms with Crippen LogP contribution in [0.4, 0.5) is 0 Å². The molecule has 3 aromatic carbocycles. The van der Waals surface area contributed by atoms with Crippen LogP contribution in [0, 0.1) is 0 Å². The van der Waals surface area contributed by atoms with Crippen molar-refractivity contribution in [2.45, 2.75) is 51.7 Å². The van der Waals surface area contributed by atoms with E-state index in [1.54, 1.807) is 23.1 Å². The molecular formula is C28H30Cl2N2O2. The van der Waals surface area contributed by atoms with Gasteiger partial charge in [0.2, 0.25) is 11.8 Å². The minimum absolute atomic E-state index is 0.109. The smallest absolute Gasteiger partial charge is 0.243 e. The van der Waals surface area contributed by atoms with Crippen LogP contribution in [-0.2, 0) is 29.0 Å². The summed E-state index contributed by atoms with van der Waals surface area (Å²) in [6, 6.07) is 23.9. The first kappa shape index (κ1) is 25.8. The first-order valence-electron chi connectivity index (χ1n) is 11.3. The Morgan fingerprint density at radius 2 is 1.41 bits per heavy atom. The molecule has 0 bridgehead atoms. The van der Waals surface area contributed by atoms with Crippen LogP contribution in [0.1, 0.15) is 37.5 Å². The van der Waals surface area contributed by atoms with Crippen molar-refractivity contribution in [3.05, 3.63) is 106 Å². The summed E-state index contributed by atoms with van der Waals surface area (Å²) in [5.74, 6) is -0.345. The van der Waals surface area contributed by atoms with Crippen LogP contribution < -0.4 is 5.32 Å². The Kier molecular flexibility index (Phi) is 8.76. The van der Waals surface area contributed by atoms with Crippen LogP contribution in [-0.4, -0.2) is 28.3 Å². The maximum Gasteiger partial charge on any atom is 0.243 e. The first-order valence-corrected chi connectivity index (χ1v) is 12.0. The van der Waals surface area contributed by atoms with Gasteiger partial charge in [-0.1, -0.05) is 89.9 Å². The fraction of sp³-hybridized carbons (Fsp3) is 0.286. The van der Waals surface area contributed by atoms with Crippen LogP contribution in [0.15, 0.2) is 78.9 Å². The summed E-state index contributed by atoms with van der Waals surface area (Å²) < 4.78 is 0. The third-order valence-electron chi connectivity index (χ3n) is 5.30. The van der Waals surface area contributed by atoms with E-state index in [1.807, 2.05) is 81.4 Å². The summed E-state index contributed by atoms with van der Waals surface area (Å²) in [5, 5.41) is 3.90. The minimum Gasteiger partial charge on any atom is -0.350 e. The van der Waals surface area contributed by atoms with Crippen molar-refractivity contribution < 1.29 is 9.59 Å². The number of amides is 2. The molecule has 0 saturated heterocycles. The maximum atomic E-state index is 13.7. The Bertz CT molecular complexity index is 1110. The number of carbonyl (C=O) groups excluding carboxylic acids is 2. The van der Waals surface area contributed by atoms with Gasteiger partial charge in [-0.25, -0.2) is 0 Å². The molecule has 0 radical (unpaired) electrons. The number of hydrogen-bond acceptors (Lipinski definition) is 2. The van der Waals surface area contributed by atoms with E-state index in [4.69, 9.17) is 23.2 Å². The minimum atomic E-state index is -0.683. The Hall–Kier alpha value is -2.82. The Balaban J connectivity index is 1.97. The predicted molar refractivity (Wildman–Crippen MR) is 139 cm³/mol. The van der Waals surface area contributed by atoms with Gasteiger partial charge in [-0.3, -0.25) is 9.59 Å².